The number of hydrogen-bond acceptors (Lipinski definition) is 5. The zero-order valence-corrected chi connectivity index (χ0v) is 6.77. The van der Waals surface area contributed by atoms with Crippen LogP contribution in [-0.4, -0.2) is 41.8 Å². The molecule has 0 amide bonds. The Morgan fingerprint density at radius 2 is 2.33 bits per heavy atom. The molecule has 0 aromatic carbocycles. The molecule has 70 valence electrons. The van der Waals surface area contributed by atoms with Crippen LogP contribution in [0.2, 0.25) is 0 Å². The highest BCUT2D eigenvalue weighted by Crippen LogP contribution is 2.18. The minimum atomic E-state index is -1.62. The summed E-state index contributed by atoms with van der Waals surface area (Å²) in [5.41, 5.74) is 0. The van der Waals surface area contributed by atoms with Crippen molar-refractivity contribution in [2.45, 2.75) is 31.3 Å². The van der Waals surface area contributed by atoms with Crippen molar-refractivity contribution in [2.75, 3.05) is 7.11 Å². The standard InChI is InChI=1S/C7H12O5/c1-11-4-2-5(7(9)10)12-6(8)3-4/h4-5,7,9-10H,2-3H2,1H3/t4-,5+/m1/s1. The van der Waals surface area contributed by atoms with Gasteiger partial charge in [0.2, 0.25) is 0 Å². The molecule has 0 bridgehead atoms. The highest BCUT2D eigenvalue weighted by atomic mass is 16.6. The maximum Gasteiger partial charge on any atom is 0.308 e. The first kappa shape index (κ1) is 9.44. The smallest absolute Gasteiger partial charge is 0.308 e. The van der Waals surface area contributed by atoms with E-state index in [-0.39, 0.29) is 12.5 Å². The molecule has 1 saturated heterocycles. The largest absolute Gasteiger partial charge is 0.457 e. The lowest BCUT2D eigenvalue weighted by Crippen LogP contribution is -2.40. The normalized spacial score (nSPS) is 30.5. The number of aliphatic hydroxyl groups excluding tert-OH is 1. The van der Waals surface area contributed by atoms with Gasteiger partial charge in [0.15, 0.2) is 12.4 Å². The zero-order valence-electron chi connectivity index (χ0n) is 6.77. The lowest BCUT2D eigenvalue weighted by molar-refractivity contribution is -0.193. The molecule has 0 aliphatic carbocycles. The summed E-state index contributed by atoms with van der Waals surface area (Å²) >= 11 is 0. The van der Waals surface area contributed by atoms with Gasteiger partial charge in [-0.2, -0.15) is 0 Å². The van der Waals surface area contributed by atoms with Gasteiger partial charge < -0.3 is 19.7 Å². The van der Waals surface area contributed by atoms with E-state index in [1.165, 1.54) is 7.11 Å². The van der Waals surface area contributed by atoms with Crippen molar-refractivity contribution in [3.05, 3.63) is 0 Å². The molecular weight excluding hydrogens is 164 g/mol. The van der Waals surface area contributed by atoms with Crippen molar-refractivity contribution in [1.29, 1.82) is 0 Å². The van der Waals surface area contributed by atoms with E-state index in [9.17, 15) is 4.79 Å². The summed E-state index contributed by atoms with van der Waals surface area (Å²) in [5.74, 6) is -0.453. The van der Waals surface area contributed by atoms with Crippen LogP contribution in [0.5, 0.6) is 0 Å². The van der Waals surface area contributed by atoms with E-state index in [2.05, 4.69) is 4.74 Å². The molecule has 1 aliphatic rings. The Morgan fingerprint density at radius 1 is 1.67 bits per heavy atom. The van der Waals surface area contributed by atoms with E-state index in [1.54, 1.807) is 0 Å². The second-order valence-electron chi connectivity index (χ2n) is 2.74. The third-order valence-electron chi connectivity index (χ3n) is 1.84. The minimum Gasteiger partial charge on any atom is -0.457 e. The van der Waals surface area contributed by atoms with Crippen LogP contribution in [0.1, 0.15) is 12.8 Å². The fraction of sp³-hybridized carbons (Fsp3) is 0.857. The average molecular weight is 176 g/mol. The van der Waals surface area contributed by atoms with Crippen molar-refractivity contribution in [3.63, 3.8) is 0 Å². The number of rotatable bonds is 2. The van der Waals surface area contributed by atoms with E-state index in [4.69, 9.17) is 14.9 Å². The Balaban J connectivity index is 2.51. The van der Waals surface area contributed by atoms with E-state index in [1.807, 2.05) is 0 Å². The van der Waals surface area contributed by atoms with Gasteiger partial charge in [0, 0.05) is 13.5 Å². The molecule has 2 atom stereocenters. The highest BCUT2D eigenvalue weighted by Gasteiger charge is 2.32. The quantitative estimate of drug-likeness (QED) is 0.417. The number of carbonyl (C=O) groups excluding carboxylic acids is 1. The first-order chi connectivity index (χ1) is 5.63. The van der Waals surface area contributed by atoms with Crippen molar-refractivity contribution < 1.29 is 24.5 Å². The fourth-order valence-electron chi connectivity index (χ4n) is 1.16. The molecule has 0 unspecified atom stereocenters. The second-order valence-corrected chi connectivity index (χ2v) is 2.74. The van der Waals surface area contributed by atoms with Gasteiger partial charge in [0.1, 0.15) is 0 Å². The van der Waals surface area contributed by atoms with Crippen LogP contribution in [0, 0.1) is 0 Å². The molecule has 0 saturated carbocycles. The summed E-state index contributed by atoms with van der Waals surface area (Å²) in [6.07, 6.45) is -2.22. The van der Waals surface area contributed by atoms with Gasteiger partial charge in [0.05, 0.1) is 12.5 Å². The van der Waals surface area contributed by atoms with E-state index < -0.39 is 18.4 Å². The van der Waals surface area contributed by atoms with Gasteiger partial charge >= 0.3 is 5.97 Å². The van der Waals surface area contributed by atoms with Crippen molar-refractivity contribution in [3.8, 4) is 0 Å². The van der Waals surface area contributed by atoms with Gasteiger partial charge in [-0.05, 0) is 0 Å². The van der Waals surface area contributed by atoms with Crippen LogP contribution in [0.4, 0.5) is 0 Å². The first-order valence-electron chi connectivity index (χ1n) is 3.72. The number of hydrogen-bond donors (Lipinski definition) is 2. The molecular formula is C7H12O5. The molecule has 5 heteroatoms. The van der Waals surface area contributed by atoms with E-state index >= 15 is 0 Å². The lowest BCUT2D eigenvalue weighted by Gasteiger charge is -2.28. The topological polar surface area (TPSA) is 76.0 Å². The summed E-state index contributed by atoms with van der Waals surface area (Å²) in [6.45, 7) is 0. The third-order valence-corrected chi connectivity index (χ3v) is 1.84. The van der Waals surface area contributed by atoms with Gasteiger partial charge in [-0.15, -0.1) is 0 Å². The number of carbonyl (C=O) groups is 1. The van der Waals surface area contributed by atoms with E-state index in [0.717, 1.165) is 0 Å². The van der Waals surface area contributed by atoms with Crippen LogP contribution in [0.15, 0.2) is 0 Å². The van der Waals surface area contributed by atoms with Crippen LogP contribution < -0.4 is 0 Å². The second kappa shape index (κ2) is 3.84. The average Bonchev–Trinajstić information content (AvgIpc) is 2.03. The molecule has 12 heavy (non-hydrogen) atoms. The minimum absolute atomic E-state index is 0.180. The Morgan fingerprint density at radius 3 is 2.83 bits per heavy atom. The van der Waals surface area contributed by atoms with Crippen LogP contribution in [0.3, 0.4) is 0 Å². The number of methoxy groups -OCH3 is 1. The highest BCUT2D eigenvalue weighted by molar-refractivity contribution is 5.71. The molecule has 1 aliphatic heterocycles. The van der Waals surface area contributed by atoms with Gasteiger partial charge in [-0.1, -0.05) is 0 Å². The Hall–Kier alpha value is -0.650. The summed E-state index contributed by atoms with van der Waals surface area (Å²) < 4.78 is 9.58. The van der Waals surface area contributed by atoms with Crippen LogP contribution in [0.25, 0.3) is 0 Å². The number of ether oxygens (including phenoxy) is 2. The zero-order chi connectivity index (χ0) is 9.14. The number of cyclic esters (lactones) is 1. The van der Waals surface area contributed by atoms with Crippen molar-refractivity contribution >= 4 is 5.97 Å². The first-order valence-corrected chi connectivity index (χ1v) is 3.72. The SMILES string of the molecule is CO[C@H]1CC(=O)O[C@H](C(O)O)C1. The monoisotopic (exact) mass is 176 g/mol. The summed E-state index contributed by atoms with van der Waals surface area (Å²) in [5, 5.41) is 17.5. The Kier molecular flexibility index (Phi) is 3.02. The molecule has 0 aromatic heterocycles. The van der Waals surface area contributed by atoms with Gasteiger partial charge in [0.25, 0.3) is 0 Å². The predicted octanol–water partition coefficient (Wildman–Crippen LogP) is -0.982. The lowest BCUT2D eigenvalue weighted by atomic mass is 10.1. The number of esters is 1. The summed E-state index contributed by atoms with van der Waals surface area (Å²) in [7, 11) is 1.48. The summed E-state index contributed by atoms with van der Waals surface area (Å²) in [4.78, 5) is 10.8. The van der Waals surface area contributed by atoms with Crippen LogP contribution in [-0.2, 0) is 14.3 Å². The molecule has 1 rings (SSSR count). The van der Waals surface area contributed by atoms with E-state index in [0.29, 0.717) is 6.42 Å². The molecule has 5 nitrogen and oxygen atoms in total. The van der Waals surface area contributed by atoms with Crippen molar-refractivity contribution in [1.82, 2.24) is 0 Å². The predicted molar refractivity (Wildman–Crippen MR) is 38.1 cm³/mol. The molecule has 2 N–H and O–H groups in total. The Bertz CT molecular complexity index is 167. The molecule has 0 aromatic rings. The third kappa shape index (κ3) is 2.17. The molecule has 0 radical (unpaired) electrons. The van der Waals surface area contributed by atoms with Gasteiger partial charge in [-0.3, -0.25) is 4.79 Å². The molecule has 1 heterocycles. The van der Waals surface area contributed by atoms with Gasteiger partial charge in [-0.25, -0.2) is 0 Å². The van der Waals surface area contributed by atoms with Crippen LogP contribution >= 0.6 is 0 Å². The van der Waals surface area contributed by atoms with Crippen molar-refractivity contribution in [2.24, 2.45) is 0 Å². The molecule has 0 spiro atoms. The Labute approximate surface area is 69.9 Å². The fourth-order valence-corrected chi connectivity index (χ4v) is 1.16. The maximum atomic E-state index is 10.8. The summed E-state index contributed by atoms with van der Waals surface area (Å²) in [6, 6.07) is 0. The maximum absolute atomic E-state index is 10.8. The number of aliphatic hydroxyl groups is 2. The molecule has 1 fully saturated rings.